The molecule has 0 radical (unpaired) electrons. The van der Waals surface area contributed by atoms with Gasteiger partial charge in [0.2, 0.25) is 0 Å². The van der Waals surface area contributed by atoms with E-state index in [-0.39, 0.29) is 18.0 Å². The van der Waals surface area contributed by atoms with Crippen LogP contribution in [0.4, 0.5) is 0 Å². The molecule has 0 N–H and O–H groups in total. The number of hydrogen-bond donors (Lipinski definition) is 0. The SMILES string of the molecule is O=C(OC1CCCCCCC1)C1CCOCC1. The van der Waals surface area contributed by atoms with E-state index in [1.54, 1.807) is 0 Å². The van der Waals surface area contributed by atoms with E-state index in [2.05, 4.69) is 0 Å². The molecule has 0 atom stereocenters. The number of carbonyl (C=O) groups excluding carboxylic acids is 1. The Kier molecular flexibility index (Phi) is 5.30. The Morgan fingerprint density at radius 2 is 1.47 bits per heavy atom. The third-order valence-corrected chi connectivity index (χ3v) is 3.89. The molecule has 1 aliphatic heterocycles. The first-order valence-corrected chi connectivity index (χ1v) is 7.14. The standard InChI is InChI=1S/C14H24O3/c15-14(12-8-10-16-11-9-12)17-13-6-4-2-1-3-5-7-13/h12-13H,1-11H2. The van der Waals surface area contributed by atoms with Gasteiger partial charge in [0.05, 0.1) is 5.92 Å². The van der Waals surface area contributed by atoms with Gasteiger partial charge in [0, 0.05) is 13.2 Å². The monoisotopic (exact) mass is 240 g/mol. The lowest BCUT2D eigenvalue weighted by atomic mass is 9.97. The summed E-state index contributed by atoms with van der Waals surface area (Å²) in [5.41, 5.74) is 0. The molecule has 1 saturated heterocycles. The quantitative estimate of drug-likeness (QED) is 0.696. The number of carbonyl (C=O) groups is 1. The molecule has 98 valence electrons. The minimum Gasteiger partial charge on any atom is -0.462 e. The molecule has 2 aliphatic rings. The first-order chi connectivity index (χ1) is 8.36. The fourth-order valence-corrected chi connectivity index (χ4v) is 2.73. The van der Waals surface area contributed by atoms with Crippen molar-refractivity contribution >= 4 is 5.97 Å². The molecule has 0 amide bonds. The third kappa shape index (κ3) is 4.30. The van der Waals surface area contributed by atoms with Crippen molar-refractivity contribution in [3.05, 3.63) is 0 Å². The molecule has 0 aromatic carbocycles. The van der Waals surface area contributed by atoms with Gasteiger partial charge in [-0.25, -0.2) is 0 Å². The van der Waals surface area contributed by atoms with Crippen LogP contribution in [0.3, 0.4) is 0 Å². The highest BCUT2D eigenvalue weighted by Gasteiger charge is 2.25. The van der Waals surface area contributed by atoms with Gasteiger partial charge < -0.3 is 9.47 Å². The van der Waals surface area contributed by atoms with E-state index in [0.29, 0.717) is 13.2 Å². The van der Waals surface area contributed by atoms with Gasteiger partial charge in [-0.1, -0.05) is 19.3 Å². The second-order valence-electron chi connectivity index (χ2n) is 5.29. The van der Waals surface area contributed by atoms with E-state index in [1.165, 1.54) is 32.1 Å². The van der Waals surface area contributed by atoms with Crippen LogP contribution in [0.5, 0.6) is 0 Å². The van der Waals surface area contributed by atoms with E-state index in [4.69, 9.17) is 9.47 Å². The average Bonchev–Trinajstić information content (AvgIpc) is 2.33. The second kappa shape index (κ2) is 7.00. The predicted octanol–water partition coefficient (Wildman–Crippen LogP) is 3.07. The number of ether oxygens (including phenoxy) is 2. The van der Waals surface area contributed by atoms with Gasteiger partial charge in [-0.3, -0.25) is 4.79 Å². The number of esters is 1. The van der Waals surface area contributed by atoms with Crippen LogP contribution in [0.2, 0.25) is 0 Å². The molecular weight excluding hydrogens is 216 g/mol. The van der Waals surface area contributed by atoms with E-state index in [1.807, 2.05) is 0 Å². The van der Waals surface area contributed by atoms with E-state index >= 15 is 0 Å². The van der Waals surface area contributed by atoms with Crippen molar-refractivity contribution in [3.8, 4) is 0 Å². The third-order valence-electron chi connectivity index (χ3n) is 3.89. The van der Waals surface area contributed by atoms with Gasteiger partial charge in [0.25, 0.3) is 0 Å². The minimum absolute atomic E-state index is 0.0267. The molecule has 0 bridgehead atoms. The van der Waals surface area contributed by atoms with Crippen molar-refractivity contribution < 1.29 is 14.3 Å². The van der Waals surface area contributed by atoms with Crippen molar-refractivity contribution in [3.63, 3.8) is 0 Å². The summed E-state index contributed by atoms with van der Waals surface area (Å²) in [4.78, 5) is 12.0. The van der Waals surface area contributed by atoms with Crippen molar-refractivity contribution in [1.82, 2.24) is 0 Å². The summed E-state index contributed by atoms with van der Waals surface area (Å²) in [6.07, 6.45) is 10.4. The lowest BCUT2D eigenvalue weighted by Gasteiger charge is -2.25. The van der Waals surface area contributed by atoms with Crippen LogP contribution < -0.4 is 0 Å². The number of rotatable bonds is 2. The van der Waals surface area contributed by atoms with Crippen LogP contribution in [-0.4, -0.2) is 25.3 Å². The summed E-state index contributed by atoms with van der Waals surface area (Å²) in [5.74, 6) is 0.119. The summed E-state index contributed by atoms with van der Waals surface area (Å²) >= 11 is 0. The molecule has 3 nitrogen and oxygen atoms in total. The summed E-state index contributed by atoms with van der Waals surface area (Å²) in [7, 11) is 0. The summed E-state index contributed by atoms with van der Waals surface area (Å²) in [6, 6.07) is 0. The fraction of sp³-hybridized carbons (Fsp3) is 0.929. The molecule has 0 aromatic heterocycles. The largest absolute Gasteiger partial charge is 0.462 e. The molecule has 1 heterocycles. The van der Waals surface area contributed by atoms with Gasteiger partial charge in [-0.05, 0) is 38.5 Å². The Labute approximate surface area is 104 Å². The molecule has 2 fully saturated rings. The maximum absolute atomic E-state index is 12.0. The Morgan fingerprint density at radius 3 is 2.12 bits per heavy atom. The van der Waals surface area contributed by atoms with Crippen LogP contribution in [0, 0.1) is 5.92 Å². The molecule has 3 heteroatoms. The predicted molar refractivity (Wildman–Crippen MR) is 65.7 cm³/mol. The molecule has 0 aromatic rings. The van der Waals surface area contributed by atoms with Crippen LogP contribution in [0.25, 0.3) is 0 Å². The number of hydrogen-bond acceptors (Lipinski definition) is 3. The summed E-state index contributed by atoms with van der Waals surface area (Å²) in [6.45, 7) is 1.43. The Hall–Kier alpha value is -0.570. The van der Waals surface area contributed by atoms with Crippen molar-refractivity contribution in [2.75, 3.05) is 13.2 Å². The first-order valence-electron chi connectivity index (χ1n) is 7.14. The first kappa shape index (κ1) is 12.9. The molecule has 17 heavy (non-hydrogen) atoms. The van der Waals surface area contributed by atoms with Crippen LogP contribution in [-0.2, 0) is 14.3 Å². The highest BCUT2D eigenvalue weighted by molar-refractivity contribution is 5.72. The lowest BCUT2D eigenvalue weighted by molar-refractivity contribution is -0.158. The maximum Gasteiger partial charge on any atom is 0.309 e. The van der Waals surface area contributed by atoms with Gasteiger partial charge in [-0.2, -0.15) is 0 Å². The Bertz CT molecular complexity index is 226. The fourth-order valence-electron chi connectivity index (χ4n) is 2.73. The smallest absolute Gasteiger partial charge is 0.309 e. The zero-order chi connectivity index (χ0) is 11.9. The minimum atomic E-state index is 0.0267. The van der Waals surface area contributed by atoms with Crippen molar-refractivity contribution in [1.29, 1.82) is 0 Å². The zero-order valence-corrected chi connectivity index (χ0v) is 10.7. The molecule has 0 unspecified atom stereocenters. The summed E-state index contributed by atoms with van der Waals surface area (Å²) < 4.78 is 10.9. The molecule has 1 aliphatic carbocycles. The molecule has 2 rings (SSSR count). The van der Waals surface area contributed by atoms with Crippen LogP contribution in [0.15, 0.2) is 0 Å². The second-order valence-corrected chi connectivity index (χ2v) is 5.29. The van der Waals surface area contributed by atoms with Gasteiger partial charge in [0.15, 0.2) is 0 Å². The van der Waals surface area contributed by atoms with Crippen molar-refractivity contribution in [2.24, 2.45) is 5.92 Å². The van der Waals surface area contributed by atoms with Crippen LogP contribution in [0.1, 0.15) is 57.8 Å². The Balaban J connectivity index is 1.75. The zero-order valence-electron chi connectivity index (χ0n) is 10.7. The summed E-state index contributed by atoms with van der Waals surface area (Å²) in [5, 5.41) is 0. The topological polar surface area (TPSA) is 35.5 Å². The van der Waals surface area contributed by atoms with Crippen LogP contribution >= 0.6 is 0 Å². The average molecular weight is 240 g/mol. The van der Waals surface area contributed by atoms with Gasteiger partial charge in [-0.15, -0.1) is 0 Å². The van der Waals surface area contributed by atoms with E-state index in [9.17, 15) is 4.79 Å². The van der Waals surface area contributed by atoms with Gasteiger partial charge >= 0.3 is 5.97 Å². The van der Waals surface area contributed by atoms with Crippen molar-refractivity contribution in [2.45, 2.75) is 63.9 Å². The lowest BCUT2D eigenvalue weighted by Crippen LogP contribution is -2.29. The molecule has 0 spiro atoms. The molecule has 1 saturated carbocycles. The maximum atomic E-state index is 12.0. The highest BCUT2D eigenvalue weighted by atomic mass is 16.5. The normalized spacial score (nSPS) is 24.9. The highest BCUT2D eigenvalue weighted by Crippen LogP contribution is 2.23. The van der Waals surface area contributed by atoms with E-state index in [0.717, 1.165) is 25.7 Å². The van der Waals surface area contributed by atoms with E-state index < -0.39 is 0 Å². The Morgan fingerprint density at radius 1 is 0.882 bits per heavy atom. The molecular formula is C14H24O3. The van der Waals surface area contributed by atoms with Gasteiger partial charge in [0.1, 0.15) is 6.10 Å².